The number of phenolic OH excluding ortho intramolecular Hbond substituents is 1. The predicted octanol–water partition coefficient (Wildman–Crippen LogP) is 5.26. The smallest absolute Gasteiger partial charge is 0.233 e. The first kappa shape index (κ1) is 21.6. The van der Waals surface area contributed by atoms with Crippen molar-refractivity contribution in [3.05, 3.63) is 72.7 Å². The summed E-state index contributed by atoms with van der Waals surface area (Å²) in [6.45, 7) is 2.66. The van der Waals surface area contributed by atoms with Crippen LogP contribution in [0, 0.1) is 0 Å². The van der Waals surface area contributed by atoms with Crippen LogP contribution in [0.1, 0.15) is 25.0 Å². The first-order chi connectivity index (χ1) is 16.7. The molecule has 1 saturated heterocycles. The Hall–Kier alpha value is -4.27. The Bertz CT molecular complexity index is 1190. The summed E-state index contributed by atoms with van der Waals surface area (Å²) in [4.78, 5) is 15.9. The van der Waals surface area contributed by atoms with E-state index in [2.05, 4.69) is 47.9 Å². The Balaban J connectivity index is 1.34. The molecule has 0 bridgehead atoms. The molecule has 2 aromatic heterocycles. The second-order valence-electron chi connectivity index (χ2n) is 8.13. The molecule has 9 heteroatoms. The number of piperidine rings is 1. The van der Waals surface area contributed by atoms with E-state index in [9.17, 15) is 5.11 Å². The van der Waals surface area contributed by atoms with E-state index in [1.54, 1.807) is 30.5 Å². The van der Waals surface area contributed by atoms with Gasteiger partial charge in [0.2, 0.25) is 17.8 Å². The van der Waals surface area contributed by atoms with Crippen molar-refractivity contribution in [1.82, 2.24) is 15.0 Å². The second-order valence-corrected chi connectivity index (χ2v) is 8.13. The average molecular weight is 458 g/mol. The fraction of sp³-hybridized carbons (Fsp3) is 0.240. The molecule has 34 heavy (non-hydrogen) atoms. The number of nitrogens with zero attached hydrogens (tertiary/aromatic N) is 4. The molecule has 0 aliphatic carbocycles. The summed E-state index contributed by atoms with van der Waals surface area (Å²) in [7, 11) is 0. The lowest BCUT2D eigenvalue weighted by molar-refractivity contribution is 0.475. The van der Waals surface area contributed by atoms with Gasteiger partial charge in [-0.15, -0.1) is 0 Å². The molecule has 9 nitrogen and oxygen atoms in total. The summed E-state index contributed by atoms with van der Waals surface area (Å²) < 4.78 is 5.39. The minimum absolute atomic E-state index is 0.192. The number of aromatic hydroxyl groups is 1. The molecule has 4 aromatic rings. The Kier molecular flexibility index (Phi) is 6.42. The standard InChI is InChI=1S/C25H27N7O2/c33-21-12-8-19(9-13-21)28-25-30-23(26-17-22-5-4-16-34-22)29-24(31-25)27-18-6-10-20(11-7-18)32-14-2-1-3-15-32/h4-13,16,33H,1-3,14-15,17H2,(H3,26,27,28,29,30,31). The van der Waals surface area contributed by atoms with Gasteiger partial charge in [0.15, 0.2) is 0 Å². The summed E-state index contributed by atoms with van der Waals surface area (Å²) in [5, 5.41) is 19.2. The molecular formula is C25H27N7O2. The molecule has 1 fully saturated rings. The highest BCUT2D eigenvalue weighted by Crippen LogP contribution is 2.24. The maximum absolute atomic E-state index is 9.54. The zero-order valence-corrected chi connectivity index (χ0v) is 18.7. The Labute approximate surface area is 197 Å². The maximum atomic E-state index is 9.54. The lowest BCUT2D eigenvalue weighted by Gasteiger charge is -2.28. The summed E-state index contributed by atoms with van der Waals surface area (Å²) in [5.74, 6) is 2.15. The van der Waals surface area contributed by atoms with Gasteiger partial charge in [-0.05, 0) is 79.9 Å². The van der Waals surface area contributed by atoms with Crippen molar-refractivity contribution in [1.29, 1.82) is 0 Å². The van der Waals surface area contributed by atoms with Crippen LogP contribution in [-0.2, 0) is 6.54 Å². The SMILES string of the molecule is Oc1ccc(Nc2nc(NCc3ccco3)nc(Nc3ccc(N4CCCCC4)cc3)n2)cc1. The van der Waals surface area contributed by atoms with Gasteiger partial charge in [-0.25, -0.2) is 0 Å². The van der Waals surface area contributed by atoms with E-state index in [1.807, 2.05) is 24.3 Å². The largest absolute Gasteiger partial charge is 0.508 e. The van der Waals surface area contributed by atoms with E-state index in [0.29, 0.717) is 24.4 Å². The molecule has 0 radical (unpaired) electrons. The van der Waals surface area contributed by atoms with E-state index >= 15 is 0 Å². The summed E-state index contributed by atoms with van der Waals surface area (Å²) in [6, 6.07) is 18.7. The van der Waals surface area contributed by atoms with Gasteiger partial charge in [0, 0.05) is 30.2 Å². The number of rotatable bonds is 8. The van der Waals surface area contributed by atoms with Crippen molar-refractivity contribution in [3.8, 4) is 5.75 Å². The highest BCUT2D eigenvalue weighted by Gasteiger charge is 2.12. The van der Waals surface area contributed by atoms with Crippen molar-refractivity contribution in [3.63, 3.8) is 0 Å². The van der Waals surface area contributed by atoms with Crippen LogP contribution in [0.4, 0.5) is 34.9 Å². The molecule has 0 amide bonds. The highest BCUT2D eigenvalue weighted by atomic mass is 16.3. The number of aromatic nitrogens is 3. The van der Waals surface area contributed by atoms with Gasteiger partial charge in [-0.1, -0.05) is 0 Å². The lowest BCUT2D eigenvalue weighted by Crippen LogP contribution is -2.29. The predicted molar refractivity (Wildman–Crippen MR) is 133 cm³/mol. The Morgan fingerprint density at radius 3 is 2.00 bits per heavy atom. The molecule has 0 atom stereocenters. The van der Waals surface area contributed by atoms with Gasteiger partial charge in [-0.2, -0.15) is 15.0 Å². The third-order valence-electron chi connectivity index (χ3n) is 5.60. The normalized spacial score (nSPS) is 13.5. The van der Waals surface area contributed by atoms with Gasteiger partial charge in [-0.3, -0.25) is 0 Å². The summed E-state index contributed by atoms with van der Waals surface area (Å²) >= 11 is 0. The summed E-state index contributed by atoms with van der Waals surface area (Å²) in [6.07, 6.45) is 5.43. The minimum atomic E-state index is 0.192. The van der Waals surface area contributed by atoms with Gasteiger partial charge in [0.05, 0.1) is 12.8 Å². The third kappa shape index (κ3) is 5.55. The number of hydrogen-bond acceptors (Lipinski definition) is 9. The zero-order chi connectivity index (χ0) is 23.2. The van der Waals surface area contributed by atoms with Crippen LogP contribution in [0.15, 0.2) is 71.3 Å². The van der Waals surface area contributed by atoms with Gasteiger partial charge < -0.3 is 30.4 Å². The summed E-state index contributed by atoms with van der Waals surface area (Å²) in [5.41, 5.74) is 2.87. The molecule has 1 aliphatic rings. The lowest BCUT2D eigenvalue weighted by atomic mass is 10.1. The van der Waals surface area contributed by atoms with E-state index in [4.69, 9.17) is 4.42 Å². The van der Waals surface area contributed by atoms with Crippen molar-refractivity contribution in [2.75, 3.05) is 33.9 Å². The fourth-order valence-corrected chi connectivity index (χ4v) is 3.86. The number of benzene rings is 2. The molecule has 0 saturated carbocycles. The topological polar surface area (TPSA) is 111 Å². The number of furan rings is 1. The Morgan fingerprint density at radius 2 is 1.38 bits per heavy atom. The number of hydrogen-bond donors (Lipinski definition) is 4. The molecule has 3 heterocycles. The first-order valence-corrected chi connectivity index (χ1v) is 11.4. The van der Waals surface area contributed by atoms with E-state index in [-0.39, 0.29) is 5.75 Å². The van der Waals surface area contributed by atoms with Gasteiger partial charge in [0.1, 0.15) is 11.5 Å². The third-order valence-corrected chi connectivity index (χ3v) is 5.60. The van der Waals surface area contributed by atoms with Gasteiger partial charge in [0.25, 0.3) is 0 Å². The van der Waals surface area contributed by atoms with E-state index in [0.717, 1.165) is 30.2 Å². The first-order valence-electron chi connectivity index (χ1n) is 11.4. The van der Waals surface area contributed by atoms with Crippen molar-refractivity contribution in [2.45, 2.75) is 25.8 Å². The van der Waals surface area contributed by atoms with E-state index in [1.165, 1.54) is 24.9 Å². The van der Waals surface area contributed by atoms with E-state index < -0.39 is 0 Å². The van der Waals surface area contributed by atoms with Crippen LogP contribution in [0.5, 0.6) is 5.75 Å². The van der Waals surface area contributed by atoms with Crippen molar-refractivity contribution >= 4 is 34.9 Å². The molecule has 174 valence electrons. The average Bonchev–Trinajstić information content (AvgIpc) is 3.39. The van der Waals surface area contributed by atoms with Crippen LogP contribution in [-0.4, -0.2) is 33.1 Å². The van der Waals surface area contributed by atoms with Crippen LogP contribution >= 0.6 is 0 Å². The second kappa shape index (κ2) is 10.1. The number of nitrogens with one attached hydrogen (secondary N) is 3. The molecular weight excluding hydrogens is 430 g/mol. The molecule has 2 aromatic carbocycles. The molecule has 4 N–H and O–H groups in total. The number of anilines is 6. The van der Waals surface area contributed by atoms with Crippen molar-refractivity contribution < 1.29 is 9.52 Å². The molecule has 5 rings (SSSR count). The molecule has 0 unspecified atom stereocenters. The minimum Gasteiger partial charge on any atom is -0.508 e. The molecule has 0 spiro atoms. The quantitative estimate of drug-likeness (QED) is 0.263. The van der Waals surface area contributed by atoms with Crippen LogP contribution in [0.3, 0.4) is 0 Å². The number of phenols is 1. The van der Waals surface area contributed by atoms with Crippen LogP contribution in [0.2, 0.25) is 0 Å². The monoisotopic (exact) mass is 457 g/mol. The Morgan fingerprint density at radius 1 is 0.765 bits per heavy atom. The maximum Gasteiger partial charge on any atom is 0.233 e. The van der Waals surface area contributed by atoms with Crippen LogP contribution in [0.25, 0.3) is 0 Å². The van der Waals surface area contributed by atoms with Gasteiger partial charge >= 0.3 is 0 Å². The van der Waals surface area contributed by atoms with Crippen LogP contribution < -0.4 is 20.9 Å². The molecule has 1 aliphatic heterocycles. The van der Waals surface area contributed by atoms with Crippen molar-refractivity contribution in [2.24, 2.45) is 0 Å². The highest BCUT2D eigenvalue weighted by molar-refractivity contribution is 5.62. The fourth-order valence-electron chi connectivity index (χ4n) is 3.86. The zero-order valence-electron chi connectivity index (χ0n) is 18.7.